The van der Waals surface area contributed by atoms with Gasteiger partial charge in [-0.1, -0.05) is 205 Å². The van der Waals surface area contributed by atoms with Crippen LogP contribution in [-0.2, 0) is 0 Å². The fourth-order valence-electron chi connectivity index (χ4n) is 14.9. The Labute approximate surface area is 493 Å². The molecular weight excluding hydrogens is 1050 g/mol. The standard InChI is InChI=1S/C80H50N4O2/c1-47-39-43-51(44-40-47)81(65-35-15-25-55-53-23-9-11-37-67(53)85-79(55)65)61-31-17-33-63-71(61)57-27-13-29-59-73-70(50-21-7-4-8-22-50)78-74(69(49-19-5-3-6-20-49)77(73)83(63)75(57)59)60-30-14-28-58-72-62(32-18-34-64(72)84(78)76(58)60)82(52-45-41-48(2)42-46-52)66-36-16-26-56-54-24-10-12-38-68(54)86-80(56)66/h3-46H,1-2H3. The number of furan rings is 2. The average Bonchev–Trinajstić information content (AvgIpc) is 1.50. The van der Waals surface area contributed by atoms with Gasteiger partial charge in [-0.05, 0) is 97.8 Å². The van der Waals surface area contributed by atoms with Gasteiger partial charge in [0.15, 0.2) is 11.2 Å². The fourth-order valence-corrected chi connectivity index (χ4v) is 14.9. The summed E-state index contributed by atoms with van der Waals surface area (Å²) in [5.41, 5.74) is 23.8. The lowest BCUT2D eigenvalue weighted by Crippen LogP contribution is -2.10. The minimum atomic E-state index is 0.853. The molecule has 0 N–H and O–H groups in total. The molecule has 0 amide bonds. The third kappa shape index (κ3) is 6.34. The highest BCUT2D eigenvalue weighted by Gasteiger charge is 2.33. The molecule has 0 aliphatic heterocycles. The van der Waals surface area contributed by atoms with Gasteiger partial charge in [-0.3, -0.25) is 0 Å². The first-order chi connectivity index (χ1) is 42.6. The Morgan fingerprint density at radius 3 is 1.03 bits per heavy atom. The van der Waals surface area contributed by atoms with Crippen molar-refractivity contribution in [2.75, 3.05) is 9.80 Å². The topological polar surface area (TPSA) is 41.6 Å². The first kappa shape index (κ1) is 47.2. The van der Waals surface area contributed by atoms with Crippen LogP contribution in [0.25, 0.3) is 142 Å². The Balaban J connectivity index is 0.964. The third-order valence-electron chi connectivity index (χ3n) is 18.5. The van der Waals surface area contributed by atoms with Crippen molar-refractivity contribution in [2.24, 2.45) is 0 Å². The summed E-state index contributed by atoms with van der Waals surface area (Å²) in [5.74, 6) is 0. The van der Waals surface area contributed by atoms with Crippen LogP contribution in [0.4, 0.5) is 34.1 Å². The molecule has 0 saturated heterocycles. The van der Waals surface area contributed by atoms with Crippen molar-refractivity contribution in [1.82, 2.24) is 8.80 Å². The molecule has 0 bridgehead atoms. The lowest BCUT2D eigenvalue weighted by atomic mass is 9.89. The van der Waals surface area contributed by atoms with Gasteiger partial charge in [-0.25, -0.2) is 0 Å². The first-order valence-electron chi connectivity index (χ1n) is 29.6. The van der Waals surface area contributed by atoms with Crippen molar-refractivity contribution in [3.63, 3.8) is 0 Å². The molecule has 86 heavy (non-hydrogen) atoms. The van der Waals surface area contributed by atoms with Crippen LogP contribution < -0.4 is 9.80 Å². The van der Waals surface area contributed by atoms with Gasteiger partial charge in [0, 0.05) is 87.1 Å². The van der Waals surface area contributed by atoms with Crippen LogP contribution in [0.5, 0.6) is 0 Å². The van der Waals surface area contributed by atoms with Crippen molar-refractivity contribution in [2.45, 2.75) is 13.8 Å². The molecule has 0 unspecified atom stereocenters. The monoisotopic (exact) mass is 1100 g/mol. The number of aryl methyl sites for hydroxylation is 2. The van der Waals surface area contributed by atoms with E-state index in [2.05, 4.69) is 299 Å². The fraction of sp³-hybridized carbons (Fsp3) is 0.0250. The van der Waals surface area contributed by atoms with E-state index in [4.69, 9.17) is 8.83 Å². The molecule has 6 heteroatoms. The van der Waals surface area contributed by atoms with Gasteiger partial charge in [0.2, 0.25) is 0 Å². The highest BCUT2D eigenvalue weighted by atomic mass is 16.3. The van der Waals surface area contributed by atoms with E-state index in [0.717, 1.165) is 100 Å². The van der Waals surface area contributed by atoms with Crippen LogP contribution in [0.1, 0.15) is 11.1 Å². The van der Waals surface area contributed by atoms with E-state index in [1.807, 2.05) is 0 Å². The van der Waals surface area contributed by atoms with Crippen LogP contribution in [0.2, 0.25) is 0 Å². The van der Waals surface area contributed by atoms with E-state index >= 15 is 0 Å². The van der Waals surface area contributed by atoms with Crippen molar-refractivity contribution in [3.8, 4) is 22.3 Å². The highest BCUT2D eigenvalue weighted by Crippen LogP contribution is 2.57. The second kappa shape index (κ2) is 17.6. The Morgan fingerprint density at radius 1 is 0.267 bits per heavy atom. The summed E-state index contributed by atoms with van der Waals surface area (Å²) in [6.07, 6.45) is 0. The summed E-state index contributed by atoms with van der Waals surface area (Å²) < 4.78 is 19.0. The van der Waals surface area contributed by atoms with Gasteiger partial charge in [-0.2, -0.15) is 0 Å². The second-order valence-electron chi connectivity index (χ2n) is 23.2. The number of aromatic nitrogens is 2. The van der Waals surface area contributed by atoms with Gasteiger partial charge < -0.3 is 27.4 Å². The number of nitrogens with zero attached hydrogens (tertiary/aromatic N) is 4. The molecule has 0 aliphatic carbocycles. The predicted molar refractivity (Wildman–Crippen MR) is 360 cm³/mol. The molecule has 6 nitrogen and oxygen atoms in total. The van der Waals surface area contributed by atoms with Crippen LogP contribution >= 0.6 is 0 Å². The summed E-state index contributed by atoms with van der Waals surface area (Å²) in [6, 6.07) is 97.7. The maximum Gasteiger partial charge on any atom is 0.159 e. The van der Waals surface area contributed by atoms with Gasteiger partial charge in [0.25, 0.3) is 0 Å². The quantitative estimate of drug-likeness (QED) is 0.152. The van der Waals surface area contributed by atoms with E-state index < -0.39 is 0 Å². The van der Waals surface area contributed by atoms with Crippen LogP contribution in [-0.4, -0.2) is 8.80 Å². The average molecular weight is 1100 g/mol. The molecule has 19 rings (SSSR count). The minimum absolute atomic E-state index is 0.853. The van der Waals surface area contributed by atoms with Gasteiger partial charge in [-0.15, -0.1) is 0 Å². The van der Waals surface area contributed by atoms with Gasteiger partial charge in [0.1, 0.15) is 11.2 Å². The summed E-state index contributed by atoms with van der Waals surface area (Å²) in [6.45, 7) is 4.31. The molecule has 6 heterocycles. The summed E-state index contributed by atoms with van der Waals surface area (Å²) in [5, 5.41) is 14.0. The Morgan fingerprint density at radius 2 is 0.605 bits per heavy atom. The number of hydrogen-bond donors (Lipinski definition) is 0. The zero-order chi connectivity index (χ0) is 56.5. The number of rotatable bonds is 8. The summed E-state index contributed by atoms with van der Waals surface area (Å²) in [4.78, 5) is 4.85. The summed E-state index contributed by atoms with van der Waals surface area (Å²) in [7, 11) is 0. The van der Waals surface area contributed by atoms with E-state index in [-0.39, 0.29) is 0 Å². The molecule has 402 valence electrons. The zero-order valence-electron chi connectivity index (χ0n) is 47.0. The number of para-hydroxylation sites is 6. The van der Waals surface area contributed by atoms with E-state index in [1.54, 1.807) is 0 Å². The molecule has 0 saturated carbocycles. The van der Waals surface area contributed by atoms with Crippen LogP contribution in [0, 0.1) is 13.8 Å². The van der Waals surface area contributed by atoms with Crippen LogP contribution in [0.15, 0.2) is 276 Å². The van der Waals surface area contributed by atoms with Gasteiger partial charge in [0.05, 0.1) is 55.8 Å². The summed E-state index contributed by atoms with van der Waals surface area (Å²) >= 11 is 0. The largest absolute Gasteiger partial charge is 0.454 e. The number of hydrogen-bond acceptors (Lipinski definition) is 4. The van der Waals surface area contributed by atoms with E-state index in [0.29, 0.717) is 0 Å². The molecule has 0 atom stereocenters. The zero-order valence-corrected chi connectivity index (χ0v) is 47.0. The molecule has 19 aromatic rings. The first-order valence-corrected chi connectivity index (χ1v) is 29.6. The molecule has 0 fully saturated rings. The van der Waals surface area contributed by atoms with Gasteiger partial charge >= 0.3 is 0 Å². The molecule has 0 radical (unpaired) electrons. The Bertz CT molecular complexity index is 5600. The second-order valence-corrected chi connectivity index (χ2v) is 23.2. The smallest absolute Gasteiger partial charge is 0.159 e. The van der Waals surface area contributed by atoms with E-state index in [9.17, 15) is 0 Å². The van der Waals surface area contributed by atoms with Crippen molar-refractivity contribution in [3.05, 3.63) is 278 Å². The highest BCUT2D eigenvalue weighted by molar-refractivity contribution is 6.39. The lowest BCUT2D eigenvalue weighted by Gasteiger charge is -2.27. The Kier molecular flexibility index (Phi) is 9.65. The van der Waals surface area contributed by atoms with Crippen molar-refractivity contribution in [1.29, 1.82) is 0 Å². The third-order valence-corrected chi connectivity index (χ3v) is 18.5. The van der Waals surface area contributed by atoms with Crippen LogP contribution in [0.3, 0.4) is 0 Å². The minimum Gasteiger partial charge on any atom is -0.454 e. The van der Waals surface area contributed by atoms with E-state index in [1.165, 1.54) is 87.4 Å². The maximum absolute atomic E-state index is 6.88. The molecule has 13 aromatic carbocycles. The number of benzene rings is 13. The number of fused-ring (bicyclic) bond motifs is 18. The number of anilines is 6. The molecular formula is C80H50N4O2. The Hall–Kier alpha value is -11.3. The normalized spacial score (nSPS) is 12.3. The SMILES string of the molecule is Cc1ccc(N(c2cccc3c2oc2ccccc23)c2cccc3c2c2cccc4c5c(-c6ccccc6)c6c(c(-c7ccccc7)c5n3c24)c2cccc3c4c(N(c5ccc(C)cc5)c5cccc7c5oc5ccccc57)cccc4n6c32)cc1. The maximum atomic E-state index is 6.88. The van der Waals surface area contributed by atoms with Crippen molar-refractivity contribution < 1.29 is 8.83 Å². The predicted octanol–water partition coefficient (Wildman–Crippen LogP) is 22.7. The molecule has 6 aromatic heterocycles. The van der Waals surface area contributed by atoms with Crippen molar-refractivity contribution >= 4 is 154 Å². The molecule has 0 aliphatic rings. The molecule has 0 spiro atoms. The lowest BCUT2D eigenvalue weighted by molar-refractivity contribution is 0.669.